The zero-order valence-electron chi connectivity index (χ0n) is 24.0. The molecule has 2 amide bonds. The number of hydrogen-bond donors (Lipinski definition) is 3. The summed E-state index contributed by atoms with van der Waals surface area (Å²) in [4.78, 5) is 38.8. The fraction of sp³-hybridized carbons (Fsp3) is 0.536. The van der Waals surface area contributed by atoms with Crippen LogP contribution in [-0.2, 0) is 9.53 Å². The van der Waals surface area contributed by atoms with Crippen LogP contribution in [0.2, 0.25) is 0 Å². The summed E-state index contributed by atoms with van der Waals surface area (Å²) >= 11 is 0. The van der Waals surface area contributed by atoms with E-state index in [4.69, 9.17) is 10.5 Å². The lowest BCUT2D eigenvalue weighted by atomic mass is 9.85. The number of piperidine rings is 1. The molecule has 5 rings (SSSR count). The number of nitrogens with one attached hydrogen (secondary N) is 2. The van der Waals surface area contributed by atoms with Crippen LogP contribution in [0.1, 0.15) is 58.9 Å². The van der Waals surface area contributed by atoms with Crippen LogP contribution in [0, 0.1) is 23.4 Å². The molecule has 0 bridgehead atoms. The number of benzene rings is 1. The van der Waals surface area contributed by atoms with Crippen LogP contribution in [0.5, 0.6) is 0 Å². The molecule has 2 aromatic heterocycles. The maximum atomic E-state index is 15.2. The van der Waals surface area contributed by atoms with Crippen molar-refractivity contribution in [2.45, 2.75) is 76.7 Å². The number of nitrogens with zero attached hydrogens (tertiary/aromatic N) is 5. The van der Waals surface area contributed by atoms with Crippen molar-refractivity contribution in [3.8, 4) is 0 Å². The molecule has 0 spiro atoms. The minimum Gasteiger partial charge on any atom is -0.444 e. The molecule has 0 radical (unpaired) electrons. The van der Waals surface area contributed by atoms with Crippen LogP contribution >= 0.6 is 0 Å². The summed E-state index contributed by atoms with van der Waals surface area (Å²) in [6, 6.07) is 0.140. The van der Waals surface area contributed by atoms with Crippen molar-refractivity contribution in [2.24, 2.45) is 11.7 Å². The third-order valence-corrected chi connectivity index (χ3v) is 7.65. The molecule has 2 aliphatic rings. The molecular weight excluding hydrogens is 572 g/mol. The fourth-order valence-electron chi connectivity index (χ4n) is 5.51. The van der Waals surface area contributed by atoms with Crippen molar-refractivity contribution < 1.29 is 31.9 Å². The first-order chi connectivity index (χ1) is 20.3. The number of rotatable bonds is 6. The molecule has 1 saturated carbocycles. The van der Waals surface area contributed by atoms with Gasteiger partial charge in [0, 0.05) is 30.6 Å². The van der Waals surface area contributed by atoms with Crippen molar-refractivity contribution in [1.82, 2.24) is 24.4 Å². The van der Waals surface area contributed by atoms with Crippen molar-refractivity contribution in [3.05, 3.63) is 35.8 Å². The Hall–Kier alpha value is -4.17. The van der Waals surface area contributed by atoms with E-state index in [-0.39, 0.29) is 43.4 Å². The lowest BCUT2D eigenvalue weighted by Crippen LogP contribution is -2.51. The van der Waals surface area contributed by atoms with E-state index in [0.29, 0.717) is 49.0 Å². The van der Waals surface area contributed by atoms with E-state index in [9.17, 15) is 22.8 Å². The molecule has 232 valence electrons. The number of imidazole rings is 1. The van der Waals surface area contributed by atoms with E-state index in [1.807, 2.05) is 0 Å². The van der Waals surface area contributed by atoms with E-state index < -0.39 is 53.0 Å². The molecule has 1 aliphatic carbocycles. The average Bonchev–Trinajstić information content (AvgIpc) is 3.28. The Morgan fingerprint density at radius 3 is 2.33 bits per heavy atom. The highest BCUT2D eigenvalue weighted by molar-refractivity contribution is 5.78. The van der Waals surface area contributed by atoms with Crippen LogP contribution in [0.25, 0.3) is 11.2 Å². The van der Waals surface area contributed by atoms with Gasteiger partial charge >= 0.3 is 6.09 Å². The van der Waals surface area contributed by atoms with Gasteiger partial charge in [-0.05, 0) is 52.9 Å². The number of fused-ring (bicyclic) bond motifs is 1. The van der Waals surface area contributed by atoms with Gasteiger partial charge in [0.25, 0.3) is 0 Å². The molecule has 3 heterocycles. The molecule has 2 atom stereocenters. The van der Waals surface area contributed by atoms with E-state index in [1.165, 1.54) is 11.1 Å². The first-order valence-corrected chi connectivity index (χ1v) is 14.1. The van der Waals surface area contributed by atoms with Gasteiger partial charge in [-0.1, -0.05) is 0 Å². The fourth-order valence-corrected chi connectivity index (χ4v) is 5.51. The summed E-state index contributed by atoms with van der Waals surface area (Å²) in [6.45, 7) is 5.31. The largest absolute Gasteiger partial charge is 0.444 e. The summed E-state index contributed by atoms with van der Waals surface area (Å²) in [5.41, 5.74) is 4.81. The van der Waals surface area contributed by atoms with Gasteiger partial charge in [-0.15, -0.1) is 0 Å². The monoisotopic (exact) mass is 606 g/mol. The molecule has 4 N–H and O–H groups in total. The van der Waals surface area contributed by atoms with Crippen LogP contribution < -0.4 is 16.4 Å². The van der Waals surface area contributed by atoms with E-state index in [1.54, 1.807) is 25.3 Å². The van der Waals surface area contributed by atoms with Crippen molar-refractivity contribution in [3.63, 3.8) is 0 Å². The SMILES string of the molecule is CC(C)(C)OC(=O)N1CCC(Nc2ncc3nc(Nc4c(F)cc(F)cc4F)n(C4CCC(C(N)=O)CC4)c3n2)C(F)C1. The van der Waals surface area contributed by atoms with Crippen LogP contribution in [-0.4, -0.2) is 67.3 Å². The number of nitrogens with two attached hydrogens (primary N) is 1. The molecular formula is C28H34F4N8O3. The number of aromatic nitrogens is 4. The second kappa shape index (κ2) is 11.8. The quantitative estimate of drug-likeness (QED) is 0.335. The Kier molecular flexibility index (Phi) is 8.34. The van der Waals surface area contributed by atoms with Crippen molar-refractivity contribution >= 4 is 40.7 Å². The number of hydrogen-bond acceptors (Lipinski definition) is 8. The highest BCUT2D eigenvalue weighted by atomic mass is 19.1. The Labute approximate surface area is 245 Å². The number of halogens is 4. The lowest BCUT2D eigenvalue weighted by Gasteiger charge is -2.35. The Balaban J connectivity index is 1.41. The summed E-state index contributed by atoms with van der Waals surface area (Å²) < 4.78 is 64.8. The predicted molar refractivity (Wildman–Crippen MR) is 150 cm³/mol. The van der Waals surface area contributed by atoms with E-state index >= 15 is 4.39 Å². The van der Waals surface area contributed by atoms with Crippen LogP contribution in [0.4, 0.5) is 39.9 Å². The topological polar surface area (TPSA) is 140 Å². The van der Waals surface area contributed by atoms with Crippen molar-refractivity contribution in [2.75, 3.05) is 23.7 Å². The maximum Gasteiger partial charge on any atom is 0.410 e. The van der Waals surface area contributed by atoms with Crippen LogP contribution in [0.3, 0.4) is 0 Å². The number of anilines is 3. The first kappa shape index (κ1) is 30.3. The van der Waals surface area contributed by atoms with Gasteiger partial charge < -0.3 is 26.0 Å². The summed E-state index contributed by atoms with van der Waals surface area (Å²) in [5.74, 6) is -3.90. The Bertz CT molecular complexity index is 1500. The highest BCUT2D eigenvalue weighted by Crippen LogP contribution is 2.37. The molecule has 1 aliphatic heterocycles. The molecule has 2 fully saturated rings. The minimum absolute atomic E-state index is 0.0439. The third-order valence-electron chi connectivity index (χ3n) is 7.65. The molecule has 2 unspecified atom stereocenters. The number of carbonyl (C=O) groups is 2. The van der Waals surface area contributed by atoms with Gasteiger partial charge in [0.15, 0.2) is 17.3 Å². The molecule has 15 heteroatoms. The lowest BCUT2D eigenvalue weighted by molar-refractivity contribution is -0.122. The number of alkyl halides is 1. The number of primary amides is 1. The summed E-state index contributed by atoms with van der Waals surface area (Å²) in [5, 5.41) is 5.65. The zero-order chi connectivity index (χ0) is 31.1. The van der Waals surface area contributed by atoms with Gasteiger partial charge in [0.1, 0.15) is 28.8 Å². The van der Waals surface area contributed by atoms with Crippen molar-refractivity contribution in [1.29, 1.82) is 0 Å². The number of likely N-dealkylation sites (tertiary alicyclic amines) is 1. The number of carbonyl (C=O) groups excluding carboxylic acids is 2. The number of amides is 2. The Morgan fingerprint density at radius 2 is 1.72 bits per heavy atom. The van der Waals surface area contributed by atoms with Gasteiger partial charge in [-0.2, -0.15) is 4.98 Å². The molecule has 3 aromatic rings. The first-order valence-electron chi connectivity index (χ1n) is 14.1. The molecule has 11 nitrogen and oxygen atoms in total. The second-order valence-electron chi connectivity index (χ2n) is 12.0. The average molecular weight is 607 g/mol. The van der Waals surface area contributed by atoms with Crippen LogP contribution in [0.15, 0.2) is 18.3 Å². The highest BCUT2D eigenvalue weighted by Gasteiger charge is 2.35. The minimum atomic E-state index is -1.43. The summed E-state index contributed by atoms with van der Waals surface area (Å²) in [6.07, 6.45) is 1.65. The smallest absolute Gasteiger partial charge is 0.410 e. The van der Waals surface area contributed by atoms with Gasteiger partial charge in [0.2, 0.25) is 17.8 Å². The zero-order valence-corrected chi connectivity index (χ0v) is 24.0. The number of ether oxygens (including phenoxy) is 1. The maximum absolute atomic E-state index is 15.2. The van der Waals surface area contributed by atoms with E-state index in [0.717, 1.165) is 0 Å². The Morgan fingerprint density at radius 1 is 1.05 bits per heavy atom. The van der Waals surface area contributed by atoms with E-state index in [2.05, 4.69) is 25.6 Å². The predicted octanol–water partition coefficient (Wildman–Crippen LogP) is 4.96. The standard InChI is InChI=1S/C28H34F4N8O3/c1-28(2,3)43-27(42)39-9-8-20(19(32)13-39)35-25-34-12-21-24(38-25)40(16-6-4-14(5-7-16)23(33)41)26(36-21)37-22-17(30)10-15(29)11-18(22)31/h10-12,14,16,19-20H,4-9,13H2,1-3H3,(H2,33,41)(H,36,37)(H,34,35,38). The molecule has 1 aromatic carbocycles. The van der Waals surface area contributed by atoms with Gasteiger partial charge in [0.05, 0.1) is 18.8 Å². The van der Waals surface area contributed by atoms with Gasteiger partial charge in [-0.25, -0.2) is 32.3 Å². The second-order valence-corrected chi connectivity index (χ2v) is 12.0. The molecule has 1 saturated heterocycles. The summed E-state index contributed by atoms with van der Waals surface area (Å²) in [7, 11) is 0. The molecule has 43 heavy (non-hydrogen) atoms. The van der Waals surface area contributed by atoms with Gasteiger partial charge in [-0.3, -0.25) is 9.36 Å². The normalized spacial score (nSPS) is 22.8. The third kappa shape index (κ3) is 6.75.